The maximum Gasteiger partial charge on any atom is 0.273 e. The highest BCUT2D eigenvalue weighted by molar-refractivity contribution is 5.77. The van der Waals surface area contributed by atoms with E-state index in [2.05, 4.69) is 20.4 Å². The van der Waals surface area contributed by atoms with E-state index in [9.17, 15) is 4.79 Å². The number of hydrogen-bond donors (Lipinski definition) is 2. The molecule has 2 heterocycles. The summed E-state index contributed by atoms with van der Waals surface area (Å²) in [4.78, 5) is 11.4. The Morgan fingerprint density at radius 2 is 1.81 bits per heavy atom. The summed E-state index contributed by atoms with van der Waals surface area (Å²) in [5, 5.41) is 13.6. The standard InChI is InChI=1S/C11H8N4O/c16-11-8-6-9(7-4-2-1-3-5-7)12-13-10(8)14-15-11/h1-6H,(H2,13,14,15,16). The first kappa shape index (κ1) is 8.84. The van der Waals surface area contributed by atoms with Crippen LogP contribution in [0.3, 0.4) is 0 Å². The van der Waals surface area contributed by atoms with Gasteiger partial charge in [-0.25, -0.2) is 0 Å². The second-order valence-corrected chi connectivity index (χ2v) is 3.44. The van der Waals surface area contributed by atoms with Crippen molar-refractivity contribution in [1.82, 2.24) is 20.4 Å². The summed E-state index contributed by atoms with van der Waals surface area (Å²) in [7, 11) is 0. The van der Waals surface area contributed by atoms with Crippen LogP contribution < -0.4 is 5.56 Å². The second kappa shape index (κ2) is 3.30. The van der Waals surface area contributed by atoms with Gasteiger partial charge in [-0.05, 0) is 6.07 Å². The molecule has 16 heavy (non-hydrogen) atoms. The minimum atomic E-state index is -0.179. The minimum Gasteiger partial charge on any atom is -0.279 e. The Morgan fingerprint density at radius 1 is 1.00 bits per heavy atom. The van der Waals surface area contributed by atoms with Gasteiger partial charge in [0.05, 0.1) is 11.1 Å². The summed E-state index contributed by atoms with van der Waals surface area (Å²) in [6.07, 6.45) is 0. The minimum absolute atomic E-state index is 0.179. The van der Waals surface area contributed by atoms with Crippen LogP contribution in [0.15, 0.2) is 41.2 Å². The molecular weight excluding hydrogens is 204 g/mol. The molecule has 78 valence electrons. The predicted octanol–water partition coefficient (Wildman–Crippen LogP) is 1.31. The molecule has 5 nitrogen and oxygen atoms in total. The first-order valence-electron chi connectivity index (χ1n) is 4.84. The molecule has 0 bridgehead atoms. The summed E-state index contributed by atoms with van der Waals surface area (Å²) < 4.78 is 0. The van der Waals surface area contributed by atoms with Crippen molar-refractivity contribution in [2.45, 2.75) is 0 Å². The van der Waals surface area contributed by atoms with E-state index in [4.69, 9.17) is 0 Å². The number of nitrogens with zero attached hydrogens (tertiary/aromatic N) is 2. The average molecular weight is 212 g/mol. The van der Waals surface area contributed by atoms with Crippen LogP contribution in [0.5, 0.6) is 0 Å². The molecule has 2 aromatic heterocycles. The quantitative estimate of drug-likeness (QED) is 0.638. The lowest BCUT2D eigenvalue weighted by atomic mass is 10.1. The molecule has 0 aliphatic rings. The SMILES string of the molecule is O=c1[nH][nH]c2nnc(-c3ccccc3)cc12. The molecule has 3 aromatic rings. The third-order valence-corrected chi connectivity index (χ3v) is 2.40. The highest BCUT2D eigenvalue weighted by Gasteiger charge is 2.05. The van der Waals surface area contributed by atoms with Gasteiger partial charge in [0.25, 0.3) is 5.56 Å². The number of nitrogens with one attached hydrogen (secondary N) is 2. The Kier molecular flexibility index (Phi) is 1.83. The largest absolute Gasteiger partial charge is 0.279 e. The third kappa shape index (κ3) is 1.30. The zero-order chi connectivity index (χ0) is 11.0. The molecular formula is C11H8N4O. The molecule has 0 aliphatic heterocycles. The van der Waals surface area contributed by atoms with Crippen molar-refractivity contribution in [2.24, 2.45) is 0 Å². The molecule has 0 saturated heterocycles. The molecule has 2 N–H and O–H groups in total. The van der Waals surface area contributed by atoms with Gasteiger partial charge in [-0.2, -0.15) is 0 Å². The molecule has 3 rings (SSSR count). The number of aromatic nitrogens is 4. The zero-order valence-electron chi connectivity index (χ0n) is 8.27. The van der Waals surface area contributed by atoms with E-state index in [-0.39, 0.29) is 5.56 Å². The van der Waals surface area contributed by atoms with Crippen molar-refractivity contribution >= 4 is 11.0 Å². The van der Waals surface area contributed by atoms with E-state index in [0.717, 1.165) is 5.56 Å². The predicted molar refractivity (Wildman–Crippen MR) is 59.9 cm³/mol. The van der Waals surface area contributed by atoms with Crippen LogP contribution in [0.2, 0.25) is 0 Å². The van der Waals surface area contributed by atoms with Gasteiger partial charge >= 0.3 is 0 Å². The third-order valence-electron chi connectivity index (χ3n) is 2.40. The Bertz CT molecular complexity index is 684. The van der Waals surface area contributed by atoms with Crippen LogP contribution >= 0.6 is 0 Å². The van der Waals surface area contributed by atoms with Gasteiger partial charge < -0.3 is 0 Å². The van der Waals surface area contributed by atoms with E-state index in [1.54, 1.807) is 6.07 Å². The molecule has 5 heteroatoms. The highest BCUT2D eigenvalue weighted by Crippen LogP contribution is 2.17. The molecule has 0 saturated carbocycles. The van der Waals surface area contributed by atoms with Gasteiger partial charge in [0, 0.05) is 5.56 Å². The smallest absolute Gasteiger partial charge is 0.273 e. The van der Waals surface area contributed by atoms with E-state index in [1.165, 1.54) is 0 Å². The Morgan fingerprint density at radius 3 is 2.62 bits per heavy atom. The number of rotatable bonds is 1. The summed E-state index contributed by atoms with van der Waals surface area (Å²) in [6.45, 7) is 0. The molecule has 0 aliphatic carbocycles. The van der Waals surface area contributed by atoms with Gasteiger partial charge in [0.15, 0.2) is 5.65 Å². The monoisotopic (exact) mass is 212 g/mol. The van der Waals surface area contributed by atoms with Crippen LogP contribution in [-0.4, -0.2) is 20.4 Å². The fourth-order valence-corrected chi connectivity index (χ4v) is 1.59. The summed E-state index contributed by atoms with van der Waals surface area (Å²) in [5.41, 5.74) is 1.93. The summed E-state index contributed by atoms with van der Waals surface area (Å²) in [5.74, 6) is 0. The molecule has 0 spiro atoms. The van der Waals surface area contributed by atoms with Crippen molar-refractivity contribution in [3.8, 4) is 11.3 Å². The van der Waals surface area contributed by atoms with E-state index in [1.807, 2.05) is 30.3 Å². The van der Waals surface area contributed by atoms with Gasteiger partial charge in [0.2, 0.25) is 0 Å². The number of aromatic amines is 2. The van der Waals surface area contributed by atoms with Gasteiger partial charge in [-0.1, -0.05) is 30.3 Å². The lowest BCUT2D eigenvalue weighted by Crippen LogP contribution is -1.98. The van der Waals surface area contributed by atoms with Crippen molar-refractivity contribution in [3.05, 3.63) is 46.8 Å². The van der Waals surface area contributed by atoms with Crippen LogP contribution in [-0.2, 0) is 0 Å². The molecule has 0 fully saturated rings. The Labute approximate surface area is 90.1 Å². The average Bonchev–Trinajstić information content (AvgIpc) is 2.72. The Balaban J connectivity index is 2.26. The maximum absolute atomic E-state index is 11.4. The number of benzene rings is 1. The van der Waals surface area contributed by atoms with Crippen LogP contribution in [0.25, 0.3) is 22.3 Å². The first-order chi connectivity index (χ1) is 7.84. The lowest BCUT2D eigenvalue weighted by Gasteiger charge is -1.97. The maximum atomic E-state index is 11.4. The van der Waals surface area contributed by atoms with Crippen LogP contribution in [0.1, 0.15) is 0 Å². The van der Waals surface area contributed by atoms with Gasteiger partial charge in [0.1, 0.15) is 0 Å². The van der Waals surface area contributed by atoms with Crippen molar-refractivity contribution in [2.75, 3.05) is 0 Å². The second-order valence-electron chi connectivity index (χ2n) is 3.44. The van der Waals surface area contributed by atoms with Gasteiger partial charge in [-0.3, -0.25) is 15.0 Å². The number of H-pyrrole nitrogens is 2. The molecule has 0 atom stereocenters. The fourth-order valence-electron chi connectivity index (χ4n) is 1.59. The zero-order valence-corrected chi connectivity index (χ0v) is 8.27. The van der Waals surface area contributed by atoms with Crippen molar-refractivity contribution < 1.29 is 0 Å². The Hall–Kier alpha value is -2.43. The van der Waals surface area contributed by atoms with E-state index in [0.29, 0.717) is 16.7 Å². The fraction of sp³-hybridized carbons (Fsp3) is 0. The highest BCUT2D eigenvalue weighted by atomic mass is 16.1. The number of fused-ring (bicyclic) bond motifs is 1. The lowest BCUT2D eigenvalue weighted by molar-refractivity contribution is 1.02. The van der Waals surface area contributed by atoms with Crippen molar-refractivity contribution in [1.29, 1.82) is 0 Å². The molecule has 0 unspecified atom stereocenters. The van der Waals surface area contributed by atoms with Gasteiger partial charge in [-0.15, -0.1) is 10.2 Å². The normalized spacial score (nSPS) is 10.8. The van der Waals surface area contributed by atoms with Crippen LogP contribution in [0.4, 0.5) is 0 Å². The van der Waals surface area contributed by atoms with E-state index < -0.39 is 0 Å². The molecule has 1 aromatic carbocycles. The van der Waals surface area contributed by atoms with Crippen LogP contribution in [0, 0.1) is 0 Å². The van der Waals surface area contributed by atoms with Crippen molar-refractivity contribution in [3.63, 3.8) is 0 Å². The topological polar surface area (TPSA) is 74.4 Å². The summed E-state index contributed by atoms with van der Waals surface area (Å²) >= 11 is 0. The number of hydrogen-bond acceptors (Lipinski definition) is 3. The summed E-state index contributed by atoms with van der Waals surface area (Å²) in [6, 6.07) is 11.4. The molecule has 0 radical (unpaired) electrons. The van der Waals surface area contributed by atoms with E-state index >= 15 is 0 Å². The first-order valence-corrected chi connectivity index (χ1v) is 4.84. The molecule has 0 amide bonds.